The molecule has 0 bridgehead atoms. The number of pyridine rings is 1. The lowest BCUT2D eigenvalue weighted by Gasteiger charge is -2.27. The zero-order chi connectivity index (χ0) is 18.6. The van der Waals surface area contributed by atoms with Gasteiger partial charge in [-0.15, -0.1) is 0 Å². The molecule has 3 rings (SSSR count). The second-order valence-electron chi connectivity index (χ2n) is 6.28. The first-order valence-electron chi connectivity index (χ1n) is 8.71. The van der Waals surface area contributed by atoms with Crippen molar-refractivity contribution in [3.05, 3.63) is 36.5 Å². The van der Waals surface area contributed by atoms with Crippen LogP contribution in [-0.2, 0) is 9.84 Å². The smallest absolute Gasteiger partial charge is 0.317 e. The van der Waals surface area contributed by atoms with Gasteiger partial charge in [-0.3, -0.25) is 4.98 Å². The van der Waals surface area contributed by atoms with Crippen LogP contribution in [0.25, 0.3) is 10.9 Å². The Balaban J connectivity index is 1.48. The minimum atomic E-state index is -3.01. The van der Waals surface area contributed by atoms with E-state index in [1.807, 2.05) is 37.3 Å². The summed E-state index contributed by atoms with van der Waals surface area (Å²) in [7, 11) is -3.01. The van der Waals surface area contributed by atoms with Crippen LogP contribution in [-0.4, -0.2) is 61.6 Å². The molecule has 1 fully saturated rings. The number of benzene rings is 1. The van der Waals surface area contributed by atoms with Crippen LogP contribution >= 0.6 is 0 Å². The average molecular weight is 377 g/mol. The van der Waals surface area contributed by atoms with Gasteiger partial charge >= 0.3 is 6.03 Å². The number of urea groups is 1. The number of hydrogen-bond acceptors (Lipinski definition) is 5. The van der Waals surface area contributed by atoms with Gasteiger partial charge in [0.1, 0.15) is 12.4 Å². The van der Waals surface area contributed by atoms with Crippen LogP contribution in [0.3, 0.4) is 0 Å². The van der Waals surface area contributed by atoms with Crippen molar-refractivity contribution in [1.82, 2.24) is 15.2 Å². The summed E-state index contributed by atoms with van der Waals surface area (Å²) in [6.45, 7) is 3.01. The van der Waals surface area contributed by atoms with Crippen LogP contribution in [0.5, 0.6) is 5.75 Å². The molecule has 0 radical (unpaired) electrons. The van der Waals surface area contributed by atoms with Crippen LogP contribution in [0.15, 0.2) is 36.5 Å². The van der Waals surface area contributed by atoms with Crippen LogP contribution < -0.4 is 10.1 Å². The third-order valence-electron chi connectivity index (χ3n) is 4.47. The number of hydrogen-bond donors (Lipinski definition) is 1. The van der Waals surface area contributed by atoms with Gasteiger partial charge in [0.05, 0.1) is 23.6 Å². The summed E-state index contributed by atoms with van der Waals surface area (Å²) in [4.78, 5) is 18.2. The number of carbonyl (C=O) groups excluding carboxylic acids is 1. The number of rotatable bonds is 6. The van der Waals surface area contributed by atoms with Gasteiger partial charge in [-0.1, -0.05) is 6.07 Å². The van der Waals surface area contributed by atoms with E-state index in [0.29, 0.717) is 31.9 Å². The summed E-state index contributed by atoms with van der Waals surface area (Å²) in [6.07, 6.45) is 2.25. The zero-order valence-corrected chi connectivity index (χ0v) is 15.5. The summed E-state index contributed by atoms with van der Waals surface area (Å²) >= 11 is 0. The molecule has 2 heterocycles. The van der Waals surface area contributed by atoms with E-state index in [1.54, 1.807) is 11.1 Å². The molecule has 1 saturated heterocycles. The molecule has 8 heteroatoms. The molecule has 1 aliphatic rings. The molecule has 2 aromatic rings. The Morgan fingerprint density at radius 2 is 2.23 bits per heavy atom. The van der Waals surface area contributed by atoms with Gasteiger partial charge in [0.2, 0.25) is 0 Å². The normalized spacial score (nSPS) is 18.6. The third kappa shape index (κ3) is 4.43. The monoisotopic (exact) mass is 377 g/mol. The topological polar surface area (TPSA) is 88.6 Å². The zero-order valence-electron chi connectivity index (χ0n) is 14.7. The first-order valence-corrected chi connectivity index (χ1v) is 10.5. The Bertz CT molecular complexity index is 885. The van der Waals surface area contributed by atoms with E-state index in [1.165, 1.54) is 0 Å². The molecule has 2 amide bonds. The summed E-state index contributed by atoms with van der Waals surface area (Å²) in [6, 6.07) is 8.99. The van der Waals surface area contributed by atoms with E-state index in [4.69, 9.17) is 4.74 Å². The summed E-state index contributed by atoms with van der Waals surface area (Å²) in [5, 5.41) is 3.79. The molecule has 1 aromatic heterocycles. The standard InChI is InChI=1S/C18H23N3O4S/c1-2-21(15-7-11-26(23,24)13-15)18(22)20-9-10-25-16-5-6-17-14(12-16)4-3-8-19-17/h3-6,8,12,15H,2,7,9-11,13H2,1H3,(H,20,22). The fourth-order valence-corrected chi connectivity index (χ4v) is 4.89. The van der Waals surface area contributed by atoms with Crippen molar-refractivity contribution in [2.45, 2.75) is 19.4 Å². The predicted octanol–water partition coefficient (Wildman–Crippen LogP) is 1.83. The Hall–Kier alpha value is -2.35. The molecule has 1 N–H and O–H groups in total. The number of sulfone groups is 1. The number of nitrogens with one attached hydrogen (secondary N) is 1. The van der Waals surface area contributed by atoms with Crippen LogP contribution in [0, 0.1) is 0 Å². The maximum Gasteiger partial charge on any atom is 0.317 e. The molecule has 140 valence electrons. The van der Waals surface area contributed by atoms with Crippen molar-refractivity contribution in [3.63, 3.8) is 0 Å². The number of fused-ring (bicyclic) bond motifs is 1. The maximum absolute atomic E-state index is 12.3. The van der Waals surface area contributed by atoms with Crippen LogP contribution in [0.4, 0.5) is 4.79 Å². The molecule has 1 aromatic carbocycles. The minimum Gasteiger partial charge on any atom is -0.492 e. The third-order valence-corrected chi connectivity index (χ3v) is 6.22. The number of ether oxygens (including phenoxy) is 1. The van der Waals surface area contributed by atoms with E-state index in [2.05, 4.69) is 10.3 Å². The van der Waals surface area contributed by atoms with Crippen LogP contribution in [0.1, 0.15) is 13.3 Å². The van der Waals surface area contributed by atoms with E-state index < -0.39 is 9.84 Å². The molecule has 0 aliphatic carbocycles. The molecular formula is C18H23N3O4S. The highest BCUT2D eigenvalue weighted by molar-refractivity contribution is 7.91. The molecule has 0 saturated carbocycles. The lowest BCUT2D eigenvalue weighted by Crippen LogP contribution is -2.47. The van der Waals surface area contributed by atoms with Crippen molar-refractivity contribution < 1.29 is 17.9 Å². The highest BCUT2D eigenvalue weighted by Crippen LogP contribution is 2.19. The Kier molecular flexibility index (Phi) is 5.61. The van der Waals surface area contributed by atoms with Gasteiger partial charge in [0.25, 0.3) is 0 Å². The van der Waals surface area contributed by atoms with E-state index in [0.717, 1.165) is 10.9 Å². The summed E-state index contributed by atoms with van der Waals surface area (Å²) < 4.78 is 28.9. The first-order chi connectivity index (χ1) is 12.5. The molecule has 7 nitrogen and oxygen atoms in total. The van der Waals surface area contributed by atoms with Gasteiger partial charge in [0.15, 0.2) is 9.84 Å². The molecule has 26 heavy (non-hydrogen) atoms. The SMILES string of the molecule is CCN(C(=O)NCCOc1ccc2ncccc2c1)C1CCS(=O)(=O)C1. The molecule has 1 aliphatic heterocycles. The predicted molar refractivity (Wildman–Crippen MR) is 100 cm³/mol. The maximum atomic E-state index is 12.3. The Morgan fingerprint density at radius 1 is 1.38 bits per heavy atom. The van der Waals surface area contributed by atoms with E-state index >= 15 is 0 Å². The Labute approximate surface area is 153 Å². The lowest BCUT2D eigenvalue weighted by atomic mass is 10.2. The second-order valence-corrected chi connectivity index (χ2v) is 8.51. The fraction of sp³-hybridized carbons (Fsp3) is 0.444. The first kappa shape index (κ1) is 18.4. The largest absolute Gasteiger partial charge is 0.492 e. The van der Waals surface area contributed by atoms with Gasteiger partial charge in [-0.05, 0) is 37.6 Å². The van der Waals surface area contributed by atoms with E-state index in [9.17, 15) is 13.2 Å². The number of amides is 2. The second kappa shape index (κ2) is 7.90. The number of aromatic nitrogens is 1. The van der Waals surface area contributed by atoms with Crippen molar-refractivity contribution in [2.75, 3.05) is 31.2 Å². The highest BCUT2D eigenvalue weighted by atomic mass is 32.2. The number of carbonyl (C=O) groups is 1. The van der Waals surface area contributed by atoms with Gasteiger partial charge < -0.3 is 15.0 Å². The molecule has 1 unspecified atom stereocenters. The fourth-order valence-electron chi connectivity index (χ4n) is 3.16. The minimum absolute atomic E-state index is 0.0515. The summed E-state index contributed by atoms with van der Waals surface area (Å²) in [5.41, 5.74) is 0.901. The van der Waals surface area contributed by atoms with Crippen molar-refractivity contribution >= 4 is 26.8 Å². The summed E-state index contributed by atoms with van der Waals surface area (Å²) in [5.74, 6) is 0.922. The van der Waals surface area contributed by atoms with E-state index in [-0.39, 0.29) is 23.6 Å². The molecular weight excluding hydrogens is 354 g/mol. The van der Waals surface area contributed by atoms with Crippen LogP contribution in [0.2, 0.25) is 0 Å². The highest BCUT2D eigenvalue weighted by Gasteiger charge is 2.33. The van der Waals surface area contributed by atoms with Crippen molar-refractivity contribution in [1.29, 1.82) is 0 Å². The number of nitrogens with zero attached hydrogens (tertiary/aromatic N) is 2. The Morgan fingerprint density at radius 3 is 2.96 bits per heavy atom. The van der Waals surface area contributed by atoms with Gasteiger partial charge in [0, 0.05) is 24.2 Å². The average Bonchev–Trinajstić information content (AvgIpc) is 2.99. The van der Waals surface area contributed by atoms with Crippen molar-refractivity contribution in [3.8, 4) is 5.75 Å². The van der Waals surface area contributed by atoms with Gasteiger partial charge in [-0.2, -0.15) is 0 Å². The lowest BCUT2D eigenvalue weighted by molar-refractivity contribution is 0.181. The van der Waals surface area contributed by atoms with Crippen molar-refractivity contribution in [2.24, 2.45) is 0 Å². The molecule has 0 spiro atoms. The quantitative estimate of drug-likeness (QED) is 0.776. The van der Waals surface area contributed by atoms with Gasteiger partial charge in [-0.25, -0.2) is 13.2 Å². The molecule has 1 atom stereocenters.